The first kappa shape index (κ1) is 25.2. The van der Waals surface area contributed by atoms with E-state index in [4.69, 9.17) is 9.47 Å². The van der Waals surface area contributed by atoms with Gasteiger partial charge < -0.3 is 9.47 Å². The SMILES string of the molecule is CC(C)(C)c1ccc2sc3c(c2c1)Oc1cccc2c1B3c1cc(-c3ccccc3)c3c(c1O2)C(C)(C)CC3(C)C. The Labute approximate surface area is 247 Å². The second-order valence-corrected chi connectivity index (χ2v) is 15.5. The quantitative estimate of drug-likeness (QED) is 0.189. The first-order chi connectivity index (χ1) is 19.4. The maximum absolute atomic E-state index is 6.96. The van der Waals surface area contributed by atoms with Crippen molar-refractivity contribution in [3.8, 4) is 34.1 Å². The second-order valence-electron chi connectivity index (χ2n) is 14.5. The lowest BCUT2D eigenvalue weighted by Crippen LogP contribution is -2.56. The third kappa shape index (κ3) is 3.50. The summed E-state index contributed by atoms with van der Waals surface area (Å²) in [6, 6.07) is 26.6. The highest BCUT2D eigenvalue weighted by Crippen LogP contribution is 2.56. The molecule has 0 N–H and O–H groups in total. The molecular weight excluding hydrogens is 519 g/mol. The molecule has 8 rings (SSSR count). The summed E-state index contributed by atoms with van der Waals surface area (Å²) in [5.74, 6) is 3.91. The Bertz CT molecular complexity index is 1910. The second kappa shape index (κ2) is 8.07. The molecule has 0 unspecified atom stereocenters. The Morgan fingerprint density at radius 3 is 2.15 bits per heavy atom. The van der Waals surface area contributed by atoms with Crippen LogP contribution < -0.4 is 25.2 Å². The summed E-state index contributed by atoms with van der Waals surface area (Å²) in [5, 5.41) is 1.22. The third-order valence-electron chi connectivity index (χ3n) is 9.48. The van der Waals surface area contributed by atoms with E-state index in [0.29, 0.717) is 0 Å². The predicted octanol–water partition coefficient (Wildman–Crippen LogP) is 8.55. The number of hydrogen-bond donors (Lipinski definition) is 0. The van der Waals surface area contributed by atoms with E-state index in [0.717, 1.165) is 34.9 Å². The van der Waals surface area contributed by atoms with Gasteiger partial charge in [-0.05, 0) is 74.6 Å². The standard InChI is InChI=1S/C37H35BO2S/c1-35(2,3)22-16-17-28-24(18-22)32-34(41-28)38-25-19-23(21-12-9-8-10-13-21)29-30(37(6,7)20-36(29,4)5)33(25)40-27-15-11-14-26(39-32)31(27)38/h8-19H,20H2,1-7H3. The van der Waals surface area contributed by atoms with E-state index in [9.17, 15) is 0 Å². The number of rotatable bonds is 1. The summed E-state index contributed by atoms with van der Waals surface area (Å²) in [6.07, 6.45) is 1.08. The molecule has 0 bridgehead atoms. The Morgan fingerprint density at radius 1 is 0.756 bits per heavy atom. The molecule has 3 heterocycles. The molecule has 0 radical (unpaired) electrons. The number of thiophene rings is 1. The summed E-state index contributed by atoms with van der Waals surface area (Å²) >= 11 is 1.88. The van der Waals surface area contributed by atoms with Gasteiger partial charge in [0.05, 0.1) is 0 Å². The van der Waals surface area contributed by atoms with Crippen LogP contribution in [0.4, 0.5) is 0 Å². The zero-order valence-electron chi connectivity index (χ0n) is 24.9. The van der Waals surface area contributed by atoms with Crippen molar-refractivity contribution >= 4 is 43.8 Å². The van der Waals surface area contributed by atoms with Crippen molar-refractivity contribution in [1.29, 1.82) is 0 Å². The molecule has 0 atom stereocenters. The van der Waals surface area contributed by atoms with Gasteiger partial charge in [0, 0.05) is 25.9 Å². The summed E-state index contributed by atoms with van der Waals surface area (Å²) < 4.78 is 16.3. The maximum atomic E-state index is 6.96. The topological polar surface area (TPSA) is 18.5 Å². The molecule has 41 heavy (non-hydrogen) atoms. The lowest BCUT2D eigenvalue weighted by atomic mass is 9.37. The largest absolute Gasteiger partial charge is 0.458 e. The Balaban J connectivity index is 1.47. The molecule has 2 aliphatic heterocycles. The van der Waals surface area contributed by atoms with Gasteiger partial charge in [-0.15, -0.1) is 11.3 Å². The number of fused-ring (bicyclic) bond motifs is 8. The van der Waals surface area contributed by atoms with Crippen LogP contribution in [0.2, 0.25) is 0 Å². The average Bonchev–Trinajstić information content (AvgIpc) is 3.38. The summed E-state index contributed by atoms with van der Waals surface area (Å²) in [4.78, 5) is 0. The molecule has 4 aromatic carbocycles. The Hall–Kier alpha value is -3.50. The third-order valence-corrected chi connectivity index (χ3v) is 10.7. The van der Waals surface area contributed by atoms with Crippen LogP contribution in [0.25, 0.3) is 21.2 Å². The first-order valence-corrected chi connectivity index (χ1v) is 15.6. The molecule has 3 aliphatic rings. The minimum absolute atomic E-state index is 0.0153. The molecule has 0 saturated carbocycles. The highest BCUT2D eigenvalue weighted by molar-refractivity contribution is 7.33. The molecule has 1 aliphatic carbocycles. The molecule has 0 saturated heterocycles. The van der Waals surface area contributed by atoms with E-state index in [2.05, 4.69) is 121 Å². The van der Waals surface area contributed by atoms with Crippen molar-refractivity contribution in [2.45, 2.75) is 71.1 Å². The Morgan fingerprint density at radius 2 is 1.44 bits per heavy atom. The minimum Gasteiger partial charge on any atom is -0.458 e. The van der Waals surface area contributed by atoms with Gasteiger partial charge in [-0.1, -0.05) is 97.0 Å². The van der Waals surface area contributed by atoms with Crippen LogP contribution in [0.5, 0.6) is 23.0 Å². The van der Waals surface area contributed by atoms with E-state index in [1.165, 1.54) is 48.1 Å². The van der Waals surface area contributed by atoms with Gasteiger partial charge >= 0.3 is 0 Å². The molecule has 5 aromatic rings. The number of hydrogen-bond acceptors (Lipinski definition) is 3. The van der Waals surface area contributed by atoms with E-state index in [1.807, 2.05) is 11.3 Å². The first-order valence-electron chi connectivity index (χ1n) is 14.8. The summed E-state index contributed by atoms with van der Waals surface area (Å²) in [6.45, 7) is 16.5. The van der Waals surface area contributed by atoms with Crippen molar-refractivity contribution in [2.75, 3.05) is 0 Å². The highest BCUT2D eigenvalue weighted by Gasteiger charge is 2.50. The Kier molecular flexibility index (Phi) is 4.97. The van der Waals surface area contributed by atoms with Gasteiger partial charge in [0.2, 0.25) is 0 Å². The maximum Gasteiger partial charge on any atom is 0.273 e. The van der Waals surface area contributed by atoms with E-state index in [1.54, 1.807) is 0 Å². The van der Waals surface area contributed by atoms with Gasteiger partial charge in [-0.25, -0.2) is 0 Å². The smallest absolute Gasteiger partial charge is 0.273 e. The van der Waals surface area contributed by atoms with Crippen LogP contribution in [0.1, 0.15) is 71.6 Å². The van der Waals surface area contributed by atoms with Crippen LogP contribution in [0.15, 0.2) is 72.8 Å². The minimum atomic E-state index is -0.0153. The van der Waals surface area contributed by atoms with Crippen molar-refractivity contribution < 1.29 is 9.47 Å². The molecule has 2 nitrogen and oxygen atoms in total. The van der Waals surface area contributed by atoms with Crippen molar-refractivity contribution in [3.05, 3.63) is 89.5 Å². The zero-order valence-corrected chi connectivity index (χ0v) is 25.8. The van der Waals surface area contributed by atoms with Crippen LogP contribution in [-0.2, 0) is 16.2 Å². The summed E-state index contributed by atoms with van der Waals surface area (Å²) in [7, 11) is 0. The normalized spacial score (nSPS) is 17.3. The van der Waals surface area contributed by atoms with E-state index >= 15 is 0 Å². The van der Waals surface area contributed by atoms with Crippen molar-refractivity contribution in [2.24, 2.45) is 0 Å². The molecule has 4 heteroatoms. The number of ether oxygens (including phenoxy) is 2. The average molecular weight is 555 g/mol. The lowest BCUT2D eigenvalue weighted by Gasteiger charge is -2.35. The van der Waals surface area contributed by atoms with Crippen molar-refractivity contribution in [1.82, 2.24) is 0 Å². The lowest BCUT2D eigenvalue weighted by molar-refractivity contribution is 0.394. The fourth-order valence-electron chi connectivity index (χ4n) is 7.98. The highest BCUT2D eigenvalue weighted by atomic mass is 32.1. The van der Waals surface area contributed by atoms with Crippen LogP contribution >= 0.6 is 11.3 Å². The van der Waals surface area contributed by atoms with E-state index < -0.39 is 0 Å². The molecule has 0 spiro atoms. The van der Waals surface area contributed by atoms with Gasteiger partial charge in [-0.3, -0.25) is 0 Å². The van der Waals surface area contributed by atoms with Gasteiger partial charge in [0.1, 0.15) is 23.0 Å². The van der Waals surface area contributed by atoms with Crippen LogP contribution in [0.3, 0.4) is 0 Å². The molecule has 1 aromatic heterocycles. The van der Waals surface area contributed by atoms with Gasteiger partial charge in [0.25, 0.3) is 6.71 Å². The molecule has 0 amide bonds. The van der Waals surface area contributed by atoms with Crippen LogP contribution in [0, 0.1) is 0 Å². The monoisotopic (exact) mass is 554 g/mol. The molecule has 0 fully saturated rings. The fourth-order valence-corrected chi connectivity index (χ4v) is 9.22. The predicted molar refractivity (Wildman–Crippen MR) is 174 cm³/mol. The molecular formula is C37H35BO2S. The zero-order chi connectivity index (χ0) is 28.5. The van der Waals surface area contributed by atoms with Crippen LogP contribution in [-0.4, -0.2) is 6.71 Å². The number of benzene rings is 4. The fraction of sp³-hybridized carbons (Fsp3) is 0.297. The van der Waals surface area contributed by atoms with Gasteiger partial charge in [0.15, 0.2) is 0 Å². The van der Waals surface area contributed by atoms with Gasteiger partial charge in [-0.2, -0.15) is 0 Å². The van der Waals surface area contributed by atoms with Crippen molar-refractivity contribution in [3.63, 3.8) is 0 Å². The van der Waals surface area contributed by atoms with E-state index in [-0.39, 0.29) is 23.0 Å². The molecule has 204 valence electrons. The summed E-state index contributed by atoms with van der Waals surface area (Å²) in [5.41, 5.74) is 9.25.